The summed E-state index contributed by atoms with van der Waals surface area (Å²) in [5.74, 6) is -0.418. The molecule has 5 nitrogen and oxygen atoms in total. The smallest absolute Gasteiger partial charge is 0.240 e. The number of rotatable bonds is 8. The molecule has 0 heterocycles. The van der Waals surface area contributed by atoms with Gasteiger partial charge in [0.1, 0.15) is 0 Å². The fraction of sp³-hybridized carbons (Fsp3) is 0.250. The van der Waals surface area contributed by atoms with E-state index in [1.165, 1.54) is 0 Å². The van der Waals surface area contributed by atoms with Crippen LogP contribution >= 0.6 is 0 Å². The summed E-state index contributed by atoms with van der Waals surface area (Å²) in [6.45, 7) is 2.45. The lowest BCUT2D eigenvalue weighted by atomic mass is 10.1. The monoisotopic (exact) mass is 337 g/mol. The Morgan fingerprint density at radius 3 is 2.12 bits per heavy atom. The topological polar surface area (TPSA) is 70.6 Å². The maximum Gasteiger partial charge on any atom is 0.240 e. The average molecular weight is 337 g/mol. The van der Waals surface area contributed by atoms with E-state index in [2.05, 4.69) is 15.8 Å². The molecule has 2 N–H and O–H groups in total. The molecule has 0 radical (unpaired) electrons. The van der Waals surface area contributed by atoms with Crippen molar-refractivity contribution in [1.29, 1.82) is 0 Å². The molecule has 0 aromatic heterocycles. The quantitative estimate of drug-likeness (QED) is 0.574. The van der Waals surface area contributed by atoms with E-state index in [-0.39, 0.29) is 24.7 Å². The second-order valence-corrected chi connectivity index (χ2v) is 5.58. The van der Waals surface area contributed by atoms with E-state index in [4.69, 9.17) is 0 Å². The molecule has 0 aliphatic carbocycles. The van der Waals surface area contributed by atoms with E-state index in [0.717, 1.165) is 16.8 Å². The molecule has 2 aromatic rings. The molecule has 0 spiro atoms. The fourth-order valence-corrected chi connectivity index (χ4v) is 2.28. The molecular weight excluding hydrogens is 314 g/mol. The molecular formula is C20H23N3O2. The summed E-state index contributed by atoms with van der Waals surface area (Å²) in [4.78, 5) is 23.7. The minimum absolute atomic E-state index is 0.107. The molecule has 0 saturated carbocycles. The molecule has 2 aromatic carbocycles. The number of benzene rings is 2. The van der Waals surface area contributed by atoms with Gasteiger partial charge in [-0.3, -0.25) is 9.59 Å². The number of hydrogen-bond donors (Lipinski definition) is 2. The zero-order chi connectivity index (χ0) is 17.9. The zero-order valence-corrected chi connectivity index (χ0v) is 14.4. The van der Waals surface area contributed by atoms with Gasteiger partial charge in [-0.25, -0.2) is 5.43 Å². The van der Waals surface area contributed by atoms with E-state index in [9.17, 15) is 9.59 Å². The SMILES string of the molecule is CC/C(=N\NC(=O)CCC(=O)NCc1ccccc1)c1ccccc1. The second kappa shape index (κ2) is 10.0. The third-order valence-electron chi connectivity index (χ3n) is 3.67. The van der Waals surface area contributed by atoms with Crippen molar-refractivity contribution in [3.05, 3.63) is 71.8 Å². The highest BCUT2D eigenvalue weighted by Gasteiger charge is 2.07. The molecule has 2 amide bonds. The Hall–Kier alpha value is -2.95. The van der Waals surface area contributed by atoms with E-state index in [0.29, 0.717) is 13.0 Å². The van der Waals surface area contributed by atoms with Crippen molar-refractivity contribution in [2.75, 3.05) is 0 Å². The Balaban J connectivity index is 1.74. The van der Waals surface area contributed by atoms with Crippen LogP contribution in [0.4, 0.5) is 0 Å². The lowest BCUT2D eigenvalue weighted by molar-refractivity contribution is -0.126. The number of hydrogen-bond acceptors (Lipinski definition) is 3. The predicted molar refractivity (Wildman–Crippen MR) is 98.9 cm³/mol. The summed E-state index contributed by atoms with van der Waals surface area (Å²) < 4.78 is 0. The van der Waals surface area contributed by atoms with Crippen molar-refractivity contribution in [2.45, 2.75) is 32.7 Å². The highest BCUT2D eigenvalue weighted by molar-refractivity contribution is 6.00. The van der Waals surface area contributed by atoms with Crippen molar-refractivity contribution in [3.8, 4) is 0 Å². The highest BCUT2D eigenvalue weighted by Crippen LogP contribution is 2.04. The van der Waals surface area contributed by atoms with Crippen LogP contribution in [-0.4, -0.2) is 17.5 Å². The number of hydrazone groups is 1. The molecule has 0 saturated heterocycles. The second-order valence-electron chi connectivity index (χ2n) is 5.58. The van der Waals surface area contributed by atoms with Crippen molar-refractivity contribution in [2.24, 2.45) is 5.10 Å². The highest BCUT2D eigenvalue weighted by atomic mass is 16.2. The van der Waals surface area contributed by atoms with Crippen LogP contribution in [0.15, 0.2) is 65.8 Å². The van der Waals surface area contributed by atoms with E-state index < -0.39 is 0 Å². The Labute approximate surface area is 148 Å². The number of carbonyl (C=O) groups is 2. The first-order chi connectivity index (χ1) is 12.2. The fourth-order valence-electron chi connectivity index (χ4n) is 2.28. The summed E-state index contributed by atoms with van der Waals surface area (Å²) in [5.41, 5.74) is 5.34. The molecule has 0 unspecified atom stereocenters. The van der Waals surface area contributed by atoms with Gasteiger partial charge in [-0.2, -0.15) is 5.10 Å². The maximum atomic E-state index is 11.9. The first-order valence-corrected chi connectivity index (χ1v) is 8.40. The average Bonchev–Trinajstić information content (AvgIpc) is 2.67. The standard InChI is InChI=1S/C20H23N3O2/c1-2-18(17-11-7-4-8-12-17)22-23-20(25)14-13-19(24)21-15-16-9-5-3-6-10-16/h3-12H,2,13-15H2,1H3,(H,21,24)(H,23,25)/b22-18+. The summed E-state index contributed by atoms with van der Waals surface area (Å²) in [5, 5.41) is 6.97. The Kier molecular flexibility index (Phi) is 7.38. The molecule has 0 fully saturated rings. The van der Waals surface area contributed by atoms with Crippen molar-refractivity contribution >= 4 is 17.5 Å². The van der Waals surface area contributed by atoms with Crippen LogP contribution in [-0.2, 0) is 16.1 Å². The van der Waals surface area contributed by atoms with Gasteiger partial charge < -0.3 is 5.32 Å². The first-order valence-electron chi connectivity index (χ1n) is 8.40. The van der Waals surface area contributed by atoms with Crippen molar-refractivity contribution in [1.82, 2.24) is 10.7 Å². The molecule has 0 atom stereocenters. The summed E-state index contributed by atoms with van der Waals surface area (Å²) in [7, 11) is 0. The lowest BCUT2D eigenvalue weighted by Gasteiger charge is -2.06. The van der Waals surface area contributed by atoms with E-state index in [1.54, 1.807) is 0 Å². The lowest BCUT2D eigenvalue weighted by Crippen LogP contribution is -2.26. The minimum atomic E-state index is -0.267. The molecule has 5 heteroatoms. The van der Waals surface area contributed by atoms with E-state index in [1.807, 2.05) is 67.6 Å². The van der Waals surface area contributed by atoms with Gasteiger partial charge in [-0.15, -0.1) is 0 Å². The Bertz CT molecular complexity index is 712. The van der Waals surface area contributed by atoms with Crippen LogP contribution in [0.1, 0.15) is 37.3 Å². The number of amides is 2. The van der Waals surface area contributed by atoms with Crippen LogP contribution in [0.3, 0.4) is 0 Å². The predicted octanol–water partition coefficient (Wildman–Crippen LogP) is 3.01. The summed E-state index contributed by atoms with van der Waals surface area (Å²) in [6, 6.07) is 19.3. The third kappa shape index (κ3) is 6.59. The van der Waals surface area contributed by atoms with Gasteiger partial charge in [-0.1, -0.05) is 67.6 Å². The third-order valence-corrected chi connectivity index (χ3v) is 3.67. The number of carbonyl (C=O) groups excluding carboxylic acids is 2. The van der Waals surface area contributed by atoms with Crippen LogP contribution in [0.5, 0.6) is 0 Å². The van der Waals surface area contributed by atoms with Gasteiger partial charge in [0.05, 0.1) is 5.71 Å². The van der Waals surface area contributed by atoms with Crippen LogP contribution in [0.25, 0.3) is 0 Å². The summed E-state index contributed by atoms with van der Waals surface area (Å²) in [6.07, 6.45) is 0.957. The molecule has 2 rings (SSSR count). The maximum absolute atomic E-state index is 11.9. The van der Waals surface area contributed by atoms with E-state index >= 15 is 0 Å². The normalized spacial score (nSPS) is 11.0. The number of nitrogens with zero attached hydrogens (tertiary/aromatic N) is 1. The van der Waals surface area contributed by atoms with Crippen LogP contribution < -0.4 is 10.7 Å². The molecule has 0 aliphatic heterocycles. The summed E-state index contributed by atoms with van der Waals surface area (Å²) >= 11 is 0. The molecule has 0 aliphatic rings. The largest absolute Gasteiger partial charge is 0.352 e. The molecule has 0 bridgehead atoms. The van der Waals surface area contributed by atoms with Crippen LogP contribution in [0.2, 0.25) is 0 Å². The minimum Gasteiger partial charge on any atom is -0.352 e. The van der Waals surface area contributed by atoms with Crippen LogP contribution in [0, 0.1) is 0 Å². The first kappa shape index (κ1) is 18.4. The molecule has 25 heavy (non-hydrogen) atoms. The van der Waals surface area contributed by atoms with Gasteiger partial charge in [0.15, 0.2) is 0 Å². The van der Waals surface area contributed by atoms with Crippen molar-refractivity contribution < 1.29 is 9.59 Å². The number of nitrogens with one attached hydrogen (secondary N) is 2. The van der Waals surface area contributed by atoms with Gasteiger partial charge in [0.25, 0.3) is 0 Å². The Morgan fingerprint density at radius 1 is 0.880 bits per heavy atom. The van der Waals surface area contributed by atoms with Gasteiger partial charge in [0.2, 0.25) is 11.8 Å². The van der Waals surface area contributed by atoms with Gasteiger partial charge in [-0.05, 0) is 17.5 Å². The van der Waals surface area contributed by atoms with Crippen molar-refractivity contribution in [3.63, 3.8) is 0 Å². The van der Waals surface area contributed by atoms with Gasteiger partial charge in [0, 0.05) is 19.4 Å². The van der Waals surface area contributed by atoms with Gasteiger partial charge >= 0.3 is 0 Å². The molecule has 130 valence electrons. The Morgan fingerprint density at radius 2 is 1.48 bits per heavy atom. The zero-order valence-electron chi connectivity index (χ0n) is 14.4.